The van der Waals surface area contributed by atoms with Crippen LogP contribution < -0.4 is 5.56 Å². The molecule has 0 aliphatic heterocycles. The van der Waals surface area contributed by atoms with Gasteiger partial charge in [-0.15, -0.1) is 11.3 Å². The average molecular weight is 382 g/mol. The minimum atomic E-state index is 0.0273. The molecule has 0 atom stereocenters. The van der Waals surface area contributed by atoms with Crippen molar-refractivity contribution in [2.75, 3.05) is 5.75 Å². The molecule has 0 saturated carbocycles. The van der Waals surface area contributed by atoms with Gasteiger partial charge in [0.2, 0.25) is 0 Å². The third kappa shape index (κ3) is 3.06. The molecule has 4 rings (SSSR count). The molecule has 1 aliphatic carbocycles. The fourth-order valence-electron chi connectivity index (χ4n) is 3.47. The van der Waals surface area contributed by atoms with E-state index in [1.807, 2.05) is 31.2 Å². The lowest BCUT2D eigenvalue weighted by Crippen LogP contribution is -2.22. The molecule has 26 heavy (non-hydrogen) atoms. The molecule has 0 amide bonds. The van der Waals surface area contributed by atoms with Crippen LogP contribution >= 0.6 is 23.1 Å². The fourth-order valence-corrected chi connectivity index (χ4v) is 5.62. The highest BCUT2D eigenvalue weighted by atomic mass is 32.2. The number of aryl methyl sites for hydroxylation is 3. The summed E-state index contributed by atoms with van der Waals surface area (Å²) in [5.74, 6) is 0.630. The number of hydrogen-bond donors (Lipinski definition) is 0. The Morgan fingerprint density at radius 1 is 1.35 bits per heavy atom. The van der Waals surface area contributed by atoms with Crippen molar-refractivity contribution >= 4 is 33.3 Å². The van der Waals surface area contributed by atoms with Crippen LogP contribution in [0.25, 0.3) is 15.9 Å². The average Bonchev–Trinajstić information content (AvgIpc) is 3.00. The Morgan fingerprint density at radius 3 is 3.00 bits per heavy atom. The number of thiophene rings is 1. The van der Waals surface area contributed by atoms with E-state index < -0.39 is 0 Å². The van der Waals surface area contributed by atoms with Crippen LogP contribution in [0.15, 0.2) is 34.2 Å². The summed E-state index contributed by atoms with van der Waals surface area (Å²) in [5, 5.41) is 10.3. The molecule has 3 aromatic rings. The summed E-state index contributed by atoms with van der Waals surface area (Å²) in [4.78, 5) is 20.5. The zero-order valence-electron chi connectivity index (χ0n) is 14.6. The van der Waals surface area contributed by atoms with Gasteiger partial charge in [0, 0.05) is 17.1 Å². The second-order valence-corrected chi connectivity index (χ2v) is 8.67. The molecule has 6 heteroatoms. The molecular formula is C20H19N3OS2. The highest BCUT2D eigenvalue weighted by Crippen LogP contribution is 2.35. The smallest absolute Gasteiger partial charge is 0.267 e. The van der Waals surface area contributed by atoms with Gasteiger partial charge in [-0.25, -0.2) is 4.98 Å². The van der Waals surface area contributed by atoms with E-state index >= 15 is 0 Å². The minimum absolute atomic E-state index is 0.0273. The summed E-state index contributed by atoms with van der Waals surface area (Å²) in [6.07, 6.45) is 4.79. The van der Waals surface area contributed by atoms with E-state index in [1.165, 1.54) is 28.6 Å². The minimum Gasteiger partial charge on any atom is -0.268 e. The highest BCUT2D eigenvalue weighted by molar-refractivity contribution is 7.99. The lowest BCUT2D eigenvalue weighted by Gasteiger charge is -2.13. The number of rotatable bonds is 4. The van der Waals surface area contributed by atoms with Gasteiger partial charge >= 0.3 is 0 Å². The molecule has 2 aromatic heterocycles. The van der Waals surface area contributed by atoms with Crippen molar-refractivity contribution < 1.29 is 0 Å². The molecule has 0 bridgehead atoms. The quantitative estimate of drug-likeness (QED) is 0.375. The monoisotopic (exact) mass is 381 g/mol. The molecular weight excluding hydrogens is 362 g/mol. The molecule has 4 nitrogen and oxygen atoms in total. The van der Waals surface area contributed by atoms with Crippen molar-refractivity contribution in [1.82, 2.24) is 9.55 Å². The molecule has 0 radical (unpaired) electrons. The SMILES string of the molecule is Cc1cccc(-n2c(SCCC#N)nc3sc4c(c3c2=O)CCCC4)c1. The van der Waals surface area contributed by atoms with Crippen LogP contribution in [0.5, 0.6) is 0 Å². The Labute approximate surface area is 160 Å². The van der Waals surface area contributed by atoms with Crippen LogP contribution in [0.2, 0.25) is 0 Å². The predicted octanol–water partition coefficient (Wildman–Crippen LogP) is 4.64. The summed E-state index contributed by atoms with van der Waals surface area (Å²) >= 11 is 3.15. The number of thioether (sulfide) groups is 1. The first-order chi connectivity index (χ1) is 12.7. The van der Waals surface area contributed by atoms with Crippen molar-refractivity contribution in [3.63, 3.8) is 0 Å². The molecule has 0 spiro atoms. The summed E-state index contributed by atoms with van der Waals surface area (Å²) in [6, 6.07) is 10.1. The number of fused-ring (bicyclic) bond motifs is 3. The van der Waals surface area contributed by atoms with Gasteiger partial charge in [-0.2, -0.15) is 5.26 Å². The van der Waals surface area contributed by atoms with Crippen LogP contribution in [-0.2, 0) is 12.8 Å². The maximum atomic E-state index is 13.5. The third-order valence-electron chi connectivity index (χ3n) is 4.66. The van der Waals surface area contributed by atoms with E-state index in [0.29, 0.717) is 17.3 Å². The van der Waals surface area contributed by atoms with Crippen molar-refractivity contribution in [2.24, 2.45) is 0 Å². The second-order valence-electron chi connectivity index (χ2n) is 6.52. The lowest BCUT2D eigenvalue weighted by atomic mass is 9.97. The number of hydrogen-bond acceptors (Lipinski definition) is 5. The summed E-state index contributed by atoms with van der Waals surface area (Å²) in [5.41, 5.74) is 3.19. The van der Waals surface area contributed by atoms with Crippen LogP contribution in [-0.4, -0.2) is 15.3 Å². The summed E-state index contributed by atoms with van der Waals surface area (Å²) in [6.45, 7) is 2.02. The topological polar surface area (TPSA) is 58.7 Å². The predicted molar refractivity (Wildman–Crippen MR) is 108 cm³/mol. The third-order valence-corrected chi connectivity index (χ3v) is 6.79. The van der Waals surface area contributed by atoms with E-state index in [9.17, 15) is 4.79 Å². The van der Waals surface area contributed by atoms with Gasteiger partial charge in [-0.1, -0.05) is 23.9 Å². The first kappa shape index (κ1) is 17.3. The summed E-state index contributed by atoms with van der Waals surface area (Å²) < 4.78 is 1.74. The van der Waals surface area contributed by atoms with E-state index in [-0.39, 0.29) is 5.56 Å². The molecule has 0 fully saturated rings. The maximum absolute atomic E-state index is 13.5. The number of nitrogens with zero attached hydrogens (tertiary/aromatic N) is 3. The molecule has 0 N–H and O–H groups in total. The van der Waals surface area contributed by atoms with Gasteiger partial charge < -0.3 is 0 Å². The van der Waals surface area contributed by atoms with Crippen molar-refractivity contribution in [3.05, 3.63) is 50.6 Å². The zero-order chi connectivity index (χ0) is 18.1. The Hall–Kier alpha value is -2.10. The van der Waals surface area contributed by atoms with Crippen LogP contribution in [0, 0.1) is 18.3 Å². The van der Waals surface area contributed by atoms with Gasteiger partial charge in [0.25, 0.3) is 5.56 Å². The largest absolute Gasteiger partial charge is 0.268 e. The summed E-state index contributed by atoms with van der Waals surface area (Å²) in [7, 11) is 0. The fraction of sp³-hybridized carbons (Fsp3) is 0.350. The standard InChI is InChI=1S/C20H19N3OS2/c1-13-6-4-7-14(12-13)23-19(24)17-15-8-2-3-9-16(15)26-18(17)22-20(23)25-11-5-10-21/h4,6-7,12H,2-3,5,8-9,11H2,1H3. The lowest BCUT2D eigenvalue weighted by molar-refractivity contribution is 0.699. The van der Waals surface area contributed by atoms with E-state index in [4.69, 9.17) is 10.2 Å². The molecule has 1 aromatic carbocycles. The second kappa shape index (κ2) is 7.26. The first-order valence-electron chi connectivity index (χ1n) is 8.83. The Kier molecular flexibility index (Phi) is 4.84. The van der Waals surface area contributed by atoms with Gasteiger partial charge in [0.1, 0.15) is 4.83 Å². The van der Waals surface area contributed by atoms with Crippen molar-refractivity contribution in [2.45, 2.75) is 44.2 Å². The van der Waals surface area contributed by atoms with Gasteiger partial charge in [0.05, 0.1) is 17.1 Å². The van der Waals surface area contributed by atoms with Gasteiger partial charge in [-0.05, 0) is 55.9 Å². The highest BCUT2D eigenvalue weighted by Gasteiger charge is 2.22. The number of nitriles is 1. The van der Waals surface area contributed by atoms with Crippen molar-refractivity contribution in [3.8, 4) is 11.8 Å². The normalized spacial score (nSPS) is 13.5. The van der Waals surface area contributed by atoms with E-state index in [1.54, 1.807) is 15.9 Å². The molecule has 0 unspecified atom stereocenters. The van der Waals surface area contributed by atoms with Crippen LogP contribution in [0.4, 0.5) is 0 Å². The molecule has 132 valence electrons. The zero-order valence-corrected chi connectivity index (χ0v) is 16.3. The molecule has 2 heterocycles. The van der Waals surface area contributed by atoms with E-state index in [2.05, 4.69) is 6.07 Å². The van der Waals surface area contributed by atoms with Crippen LogP contribution in [0.3, 0.4) is 0 Å². The molecule has 0 saturated heterocycles. The van der Waals surface area contributed by atoms with Gasteiger partial charge in [0.15, 0.2) is 5.16 Å². The first-order valence-corrected chi connectivity index (χ1v) is 10.6. The Bertz CT molecular complexity index is 1080. The Morgan fingerprint density at radius 2 is 2.19 bits per heavy atom. The van der Waals surface area contributed by atoms with Gasteiger partial charge in [-0.3, -0.25) is 9.36 Å². The van der Waals surface area contributed by atoms with Crippen molar-refractivity contribution in [1.29, 1.82) is 5.26 Å². The Balaban J connectivity index is 1.96. The number of benzene rings is 1. The van der Waals surface area contributed by atoms with Crippen LogP contribution in [0.1, 0.15) is 35.3 Å². The molecule has 1 aliphatic rings. The number of aromatic nitrogens is 2. The maximum Gasteiger partial charge on any atom is 0.267 e. The van der Waals surface area contributed by atoms with E-state index in [0.717, 1.165) is 40.7 Å².